The van der Waals surface area contributed by atoms with Gasteiger partial charge in [-0.3, -0.25) is 0 Å². The first-order valence-corrected chi connectivity index (χ1v) is 6.10. The first-order valence-electron chi connectivity index (χ1n) is 5.35. The fourth-order valence-corrected chi connectivity index (χ4v) is 2.17. The molecule has 2 rings (SSSR count). The molecule has 1 heterocycles. The molecule has 0 bridgehead atoms. The molecule has 1 aromatic heterocycles. The van der Waals surface area contributed by atoms with Crippen LogP contribution in [-0.2, 0) is 0 Å². The highest BCUT2D eigenvalue weighted by atomic mass is 35.5. The summed E-state index contributed by atoms with van der Waals surface area (Å²) in [4.78, 5) is 7.91. The predicted molar refractivity (Wildman–Crippen MR) is 74.9 cm³/mol. The van der Waals surface area contributed by atoms with Gasteiger partial charge in [-0.1, -0.05) is 29.3 Å². The topological polar surface area (TPSA) is 63.8 Å². The van der Waals surface area contributed by atoms with Crippen LogP contribution < -0.4 is 11.1 Å². The lowest BCUT2D eigenvalue weighted by Crippen LogP contribution is -2.10. The summed E-state index contributed by atoms with van der Waals surface area (Å²) in [5, 5.41) is 4.40. The molecule has 0 aliphatic heterocycles. The van der Waals surface area contributed by atoms with Crippen LogP contribution in [0.15, 0.2) is 30.7 Å². The van der Waals surface area contributed by atoms with Gasteiger partial charge in [-0.05, 0) is 24.6 Å². The SMILES string of the molecule is CC(Nc1ncncc1N)c1ccc(Cl)cc1Cl. The van der Waals surface area contributed by atoms with Gasteiger partial charge in [-0.2, -0.15) is 0 Å². The number of nitrogen functional groups attached to an aromatic ring is 1. The lowest BCUT2D eigenvalue weighted by molar-refractivity contribution is 0.873. The maximum absolute atomic E-state index is 6.14. The number of anilines is 2. The summed E-state index contributed by atoms with van der Waals surface area (Å²) in [5.41, 5.74) is 7.19. The highest BCUT2D eigenvalue weighted by Crippen LogP contribution is 2.28. The molecule has 0 aliphatic rings. The molecule has 0 fully saturated rings. The highest BCUT2D eigenvalue weighted by Gasteiger charge is 2.11. The third-order valence-electron chi connectivity index (χ3n) is 2.52. The van der Waals surface area contributed by atoms with Crippen molar-refractivity contribution in [2.45, 2.75) is 13.0 Å². The van der Waals surface area contributed by atoms with Gasteiger partial charge in [-0.15, -0.1) is 0 Å². The zero-order chi connectivity index (χ0) is 13.1. The van der Waals surface area contributed by atoms with E-state index >= 15 is 0 Å². The molecule has 6 heteroatoms. The minimum Gasteiger partial charge on any atom is -0.394 e. The standard InChI is InChI=1S/C12H12Cl2N4/c1-7(9-3-2-8(13)4-10(9)14)18-12-11(15)5-16-6-17-12/h2-7H,15H2,1H3,(H,16,17,18). The van der Waals surface area contributed by atoms with E-state index in [9.17, 15) is 0 Å². The van der Waals surface area contributed by atoms with Gasteiger partial charge >= 0.3 is 0 Å². The van der Waals surface area contributed by atoms with Gasteiger partial charge in [-0.25, -0.2) is 9.97 Å². The van der Waals surface area contributed by atoms with Crippen molar-refractivity contribution in [1.82, 2.24) is 9.97 Å². The van der Waals surface area contributed by atoms with Gasteiger partial charge in [0.05, 0.1) is 17.9 Å². The fourth-order valence-electron chi connectivity index (χ4n) is 1.60. The van der Waals surface area contributed by atoms with Gasteiger partial charge in [0.25, 0.3) is 0 Å². The predicted octanol–water partition coefficient (Wildman–Crippen LogP) is 3.54. The van der Waals surface area contributed by atoms with Crippen LogP contribution in [0.1, 0.15) is 18.5 Å². The molecule has 1 atom stereocenters. The minimum atomic E-state index is -0.0352. The zero-order valence-electron chi connectivity index (χ0n) is 9.69. The van der Waals surface area contributed by atoms with Crippen molar-refractivity contribution in [2.24, 2.45) is 0 Å². The molecule has 94 valence electrons. The Morgan fingerprint density at radius 2 is 2.11 bits per heavy atom. The average Bonchev–Trinajstić information content (AvgIpc) is 2.32. The first-order chi connectivity index (χ1) is 8.58. The van der Waals surface area contributed by atoms with E-state index in [1.807, 2.05) is 13.0 Å². The first kappa shape index (κ1) is 12.9. The molecule has 2 aromatic rings. The number of aromatic nitrogens is 2. The second-order valence-corrected chi connectivity index (χ2v) is 4.70. The third-order valence-corrected chi connectivity index (χ3v) is 3.09. The lowest BCUT2D eigenvalue weighted by Gasteiger charge is -2.17. The number of hydrogen-bond donors (Lipinski definition) is 2. The van der Waals surface area contributed by atoms with E-state index < -0.39 is 0 Å². The monoisotopic (exact) mass is 282 g/mol. The summed E-state index contributed by atoms with van der Waals surface area (Å²) < 4.78 is 0. The molecule has 1 unspecified atom stereocenters. The van der Waals surface area contributed by atoms with Crippen LogP contribution in [0.5, 0.6) is 0 Å². The Morgan fingerprint density at radius 3 is 2.78 bits per heavy atom. The molecule has 4 nitrogen and oxygen atoms in total. The van der Waals surface area contributed by atoms with Crippen molar-refractivity contribution in [3.63, 3.8) is 0 Å². The van der Waals surface area contributed by atoms with E-state index in [0.717, 1.165) is 5.56 Å². The Morgan fingerprint density at radius 1 is 1.33 bits per heavy atom. The fraction of sp³-hybridized carbons (Fsp3) is 0.167. The van der Waals surface area contributed by atoms with Gasteiger partial charge in [0, 0.05) is 10.0 Å². The van der Waals surface area contributed by atoms with E-state index in [1.165, 1.54) is 6.33 Å². The Bertz CT molecular complexity index is 560. The maximum atomic E-state index is 6.14. The molecular formula is C12H12Cl2N4. The smallest absolute Gasteiger partial charge is 0.153 e. The van der Waals surface area contributed by atoms with E-state index in [0.29, 0.717) is 21.6 Å². The highest BCUT2D eigenvalue weighted by molar-refractivity contribution is 6.35. The van der Waals surface area contributed by atoms with E-state index in [-0.39, 0.29) is 6.04 Å². The number of nitrogens with two attached hydrogens (primary N) is 1. The van der Waals surface area contributed by atoms with E-state index in [4.69, 9.17) is 28.9 Å². The van der Waals surface area contributed by atoms with Crippen LogP contribution in [0.2, 0.25) is 10.0 Å². The number of benzene rings is 1. The van der Waals surface area contributed by atoms with Crippen LogP contribution in [-0.4, -0.2) is 9.97 Å². The number of nitrogens with zero attached hydrogens (tertiary/aromatic N) is 2. The Hall–Kier alpha value is -1.52. The number of hydrogen-bond acceptors (Lipinski definition) is 4. The van der Waals surface area contributed by atoms with Crippen LogP contribution in [0.4, 0.5) is 11.5 Å². The van der Waals surface area contributed by atoms with E-state index in [1.54, 1.807) is 18.3 Å². The van der Waals surface area contributed by atoms with Crippen molar-refractivity contribution in [3.8, 4) is 0 Å². The van der Waals surface area contributed by atoms with Crippen molar-refractivity contribution in [3.05, 3.63) is 46.3 Å². The van der Waals surface area contributed by atoms with Crippen molar-refractivity contribution in [1.29, 1.82) is 0 Å². The Labute approximate surface area is 115 Å². The summed E-state index contributed by atoms with van der Waals surface area (Å²) in [6, 6.07) is 5.34. The quantitative estimate of drug-likeness (QED) is 0.904. The summed E-state index contributed by atoms with van der Waals surface area (Å²) >= 11 is 12.0. The molecule has 0 radical (unpaired) electrons. The second-order valence-electron chi connectivity index (χ2n) is 3.86. The molecule has 0 amide bonds. The summed E-state index contributed by atoms with van der Waals surface area (Å²) in [5.74, 6) is 0.587. The van der Waals surface area contributed by atoms with Crippen molar-refractivity contribution in [2.75, 3.05) is 11.1 Å². The van der Waals surface area contributed by atoms with Crippen LogP contribution in [0.25, 0.3) is 0 Å². The molecule has 0 spiro atoms. The summed E-state index contributed by atoms with van der Waals surface area (Å²) in [6.45, 7) is 1.97. The van der Waals surface area contributed by atoms with Gasteiger partial charge in [0.2, 0.25) is 0 Å². The minimum absolute atomic E-state index is 0.0352. The lowest BCUT2D eigenvalue weighted by atomic mass is 10.1. The molecule has 0 saturated carbocycles. The van der Waals surface area contributed by atoms with Crippen LogP contribution >= 0.6 is 23.2 Å². The molecule has 3 N–H and O–H groups in total. The Balaban J connectivity index is 2.22. The zero-order valence-corrected chi connectivity index (χ0v) is 11.2. The average molecular weight is 283 g/mol. The van der Waals surface area contributed by atoms with E-state index in [2.05, 4.69) is 15.3 Å². The number of nitrogens with one attached hydrogen (secondary N) is 1. The van der Waals surface area contributed by atoms with Crippen molar-refractivity contribution < 1.29 is 0 Å². The molecular weight excluding hydrogens is 271 g/mol. The number of halogens is 2. The molecule has 1 aromatic carbocycles. The Kier molecular flexibility index (Phi) is 3.89. The summed E-state index contributed by atoms with van der Waals surface area (Å²) in [7, 11) is 0. The number of rotatable bonds is 3. The van der Waals surface area contributed by atoms with Gasteiger partial charge in [0.15, 0.2) is 5.82 Å². The molecule has 0 aliphatic carbocycles. The van der Waals surface area contributed by atoms with Gasteiger partial charge < -0.3 is 11.1 Å². The van der Waals surface area contributed by atoms with Crippen LogP contribution in [0.3, 0.4) is 0 Å². The summed E-state index contributed by atoms with van der Waals surface area (Å²) in [6.07, 6.45) is 2.99. The largest absolute Gasteiger partial charge is 0.394 e. The van der Waals surface area contributed by atoms with Crippen LogP contribution in [0, 0.1) is 0 Å². The third kappa shape index (κ3) is 2.83. The normalized spacial score (nSPS) is 12.2. The molecule has 18 heavy (non-hydrogen) atoms. The maximum Gasteiger partial charge on any atom is 0.153 e. The second kappa shape index (κ2) is 5.42. The van der Waals surface area contributed by atoms with Crippen molar-refractivity contribution >= 4 is 34.7 Å². The van der Waals surface area contributed by atoms with Gasteiger partial charge in [0.1, 0.15) is 6.33 Å². The molecule has 0 saturated heterocycles.